The monoisotopic (exact) mass is 387 g/mol. The number of piperidine rings is 1. The Hall–Kier alpha value is -1.89. The van der Waals surface area contributed by atoms with Gasteiger partial charge in [-0.05, 0) is 51.7 Å². The molecule has 3 rings (SSSR count). The summed E-state index contributed by atoms with van der Waals surface area (Å²) in [6.45, 7) is 7.34. The van der Waals surface area contributed by atoms with Gasteiger partial charge < -0.3 is 9.47 Å². The highest BCUT2D eigenvalue weighted by Crippen LogP contribution is 2.27. The second-order valence-corrected chi connectivity index (χ2v) is 8.21. The average Bonchev–Trinajstić information content (AvgIpc) is 3.08. The standard InChI is InChI=1S/C20H29N5OS/c1-4-5-13-24-19(17-9-11-21-12-10-17)22-23-20(24)27-14-18(26)25-15(2)7-6-8-16(25)3/h9-12,15-16H,4-8,13-14H2,1-3H3. The molecule has 2 atom stereocenters. The number of carbonyl (C=O) groups is 1. The Morgan fingerprint density at radius 1 is 1.19 bits per heavy atom. The molecule has 2 unspecified atom stereocenters. The van der Waals surface area contributed by atoms with Gasteiger partial charge in [-0.1, -0.05) is 25.1 Å². The zero-order chi connectivity index (χ0) is 19.2. The Morgan fingerprint density at radius 2 is 1.89 bits per heavy atom. The molecule has 0 saturated carbocycles. The fourth-order valence-corrected chi connectivity index (χ4v) is 4.58. The number of carbonyl (C=O) groups excluding carboxylic acids is 1. The van der Waals surface area contributed by atoms with Crippen LogP contribution in [0.1, 0.15) is 52.9 Å². The Bertz CT molecular complexity index is 738. The minimum absolute atomic E-state index is 0.204. The van der Waals surface area contributed by atoms with E-state index in [1.54, 1.807) is 12.4 Å². The van der Waals surface area contributed by atoms with Gasteiger partial charge in [-0.15, -0.1) is 10.2 Å². The summed E-state index contributed by atoms with van der Waals surface area (Å²) in [5, 5.41) is 9.60. The highest BCUT2D eigenvalue weighted by Gasteiger charge is 2.29. The van der Waals surface area contributed by atoms with Crippen molar-refractivity contribution >= 4 is 17.7 Å². The molecule has 2 aromatic heterocycles. The van der Waals surface area contributed by atoms with Crippen molar-refractivity contribution in [3.05, 3.63) is 24.5 Å². The van der Waals surface area contributed by atoms with E-state index in [0.29, 0.717) is 17.8 Å². The molecular weight excluding hydrogens is 358 g/mol. The van der Waals surface area contributed by atoms with Crippen LogP contribution in [0.5, 0.6) is 0 Å². The number of rotatable bonds is 7. The van der Waals surface area contributed by atoms with Crippen molar-refractivity contribution < 1.29 is 4.79 Å². The van der Waals surface area contributed by atoms with Crippen molar-refractivity contribution in [1.82, 2.24) is 24.6 Å². The minimum atomic E-state index is 0.204. The van der Waals surface area contributed by atoms with E-state index in [1.165, 1.54) is 18.2 Å². The van der Waals surface area contributed by atoms with Crippen molar-refractivity contribution in [2.24, 2.45) is 0 Å². The molecule has 1 amide bonds. The van der Waals surface area contributed by atoms with Crippen LogP contribution in [0.15, 0.2) is 29.7 Å². The summed E-state index contributed by atoms with van der Waals surface area (Å²) in [5.74, 6) is 1.46. The zero-order valence-electron chi connectivity index (χ0n) is 16.5. The molecule has 0 N–H and O–H groups in total. The number of unbranched alkanes of at least 4 members (excludes halogenated alkanes) is 1. The van der Waals surface area contributed by atoms with Crippen molar-refractivity contribution in [3.8, 4) is 11.4 Å². The molecule has 2 aromatic rings. The highest BCUT2D eigenvalue weighted by atomic mass is 32.2. The Morgan fingerprint density at radius 3 is 2.56 bits per heavy atom. The first-order valence-electron chi connectivity index (χ1n) is 9.89. The van der Waals surface area contributed by atoms with E-state index in [1.807, 2.05) is 12.1 Å². The van der Waals surface area contributed by atoms with Crippen molar-refractivity contribution in [2.75, 3.05) is 5.75 Å². The third-order valence-electron chi connectivity index (χ3n) is 5.20. The lowest BCUT2D eigenvalue weighted by molar-refractivity contribution is -0.134. The van der Waals surface area contributed by atoms with E-state index < -0.39 is 0 Å². The summed E-state index contributed by atoms with van der Waals surface area (Å²) >= 11 is 1.50. The summed E-state index contributed by atoms with van der Waals surface area (Å²) in [7, 11) is 0. The van der Waals surface area contributed by atoms with E-state index in [2.05, 4.69) is 45.4 Å². The van der Waals surface area contributed by atoms with Gasteiger partial charge in [0.15, 0.2) is 11.0 Å². The molecule has 0 bridgehead atoms. The largest absolute Gasteiger partial charge is 0.337 e. The number of thioether (sulfide) groups is 1. The van der Waals surface area contributed by atoms with Crippen LogP contribution >= 0.6 is 11.8 Å². The van der Waals surface area contributed by atoms with Gasteiger partial charge in [-0.3, -0.25) is 9.78 Å². The quantitative estimate of drug-likeness (QED) is 0.671. The molecule has 146 valence electrons. The van der Waals surface area contributed by atoms with Crippen LogP contribution in [0, 0.1) is 0 Å². The van der Waals surface area contributed by atoms with Crippen molar-refractivity contribution in [2.45, 2.75) is 76.7 Å². The van der Waals surface area contributed by atoms with Gasteiger partial charge >= 0.3 is 0 Å². The van der Waals surface area contributed by atoms with Crippen LogP contribution in [-0.4, -0.2) is 48.4 Å². The van der Waals surface area contributed by atoms with Crippen LogP contribution in [0.2, 0.25) is 0 Å². The van der Waals surface area contributed by atoms with E-state index in [-0.39, 0.29) is 5.91 Å². The van der Waals surface area contributed by atoms with Gasteiger partial charge in [-0.25, -0.2) is 0 Å². The molecule has 3 heterocycles. The number of hydrogen-bond donors (Lipinski definition) is 0. The summed E-state index contributed by atoms with van der Waals surface area (Å²) < 4.78 is 2.14. The van der Waals surface area contributed by atoms with Gasteiger partial charge in [-0.2, -0.15) is 0 Å². The number of pyridine rings is 1. The summed E-state index contributed by atoms with van der Waals surface area (Å²) in [6.07, 6.45) is 9.09. The third kappa shape index (κ3) is 4.69. The smallest absolute Gasteiger partial charge is 0.233 e. The van der Waals surface area contributed by atoms with E-state index >= 15 is 0 Å². The maximum Gasteiger partial charge on any atom is 0.233 e. The van der Waals surface area contributed by atoms with Gasteiger partial charge in [0.25, 0.3) is 0 Å². The van der Waals surface area contributed by atoms with E-state index in [9.17, 15) is 4.79 Å². The summed E-state index contributed by atoms with van der Waals surface area (Å²) in [6, 6.07) is 4.55. The van der Waals surface area contributed by atoms with Crippen molar-refractivity contribution in [3.63, 3.8) is 0 Å². The van der Waals surface area contributed by atoms with Gasteiger partial charge in [0.05, 0.1) is 5.75 Å². The maximum absolute atomic E-state index is 12.8. The number of aromatic nitrogens is 4. The second-order valence-electron chi connectivity index (χ2n) is 7.27. The van der Waals surface area contributed by atoms with Crippen molar-refractivity contribution in [1.29, 1.82) is 0 Å². The normalized spacial score (nSPS) is 20.0. The number of amides is 1. The molecule has 7 heteroatoms. The average molecular weight is 388 g/mol. The predicted octanol–water partition coefficient (Wildman–Crippen LogP) is 4.02. The Kier molecular flexibility index (Phi) is 6.88. The first kappa shape index (κ1) is 19.9. The molecule has 27 heavy (non-hydrogen) atoms. The highest BCUT2D eigenvalue weighted by molar-refractivity contribution is 7.99. The molecule has 0 radical (unpaired) electrons. The molecule has 6 nitrogen and oxygen atoms in total. The predicted molar refractivity (Wildman–Crippen MR) is 109 cm³/mol. The third-order valence-corrected chi connectivity index (χ3v) is 6.15. The topological polar surface area (TPSA) is 63.9 Å². The second kappa shape index (κ2) is 9.35. The number of likely N-dealkylation sites (tertiary alicyclic amines) is 1. The molecule has 1 aliphatic heterocycles. The maximum atomic E-state index is 12.8. The number of nitrogens with zero attached hydrogens (tertiary/aromatic N) is 5. The Balaban J connectivity index is 1.74. The van der Waals surface area contributed by atoms with Gasteiger partial charge in [0.1, 0.15) is 0 Å². The SMILES string of the molecule is CCCCn1c(SCC(=O)N2C(C)CCCC2C)nnc1-c1ccncc1. The van der Waals surface area contributed by atoms with Crippen LogP contribution < -0.4 is 0 Å². The lowest BCUT2D eigenvalue weighted by Crippen LogP contribution is -2.48. The lowest BCUT2D eigenvalue weighted by Gasteiger charge is -2.39. The lowest BCUT2D eigenvalue weighted by atomic mass is 9.98. The molecular formula is C20H29N5OS. The molecule has 1 fully saturated rings. The van der Waals surface area contributed by atoms with Crippen LogP contribution in [-0.2, 0) is 11.3 Å². The molecule has 0 aliphatic carbocycles. The molecule has 0 spiro atoms. The van der Waals surface area contributed by atoms with E-state index in [0.717, 1.165) is 48.8 Å². The van der Waals surface area contributed by atoms with Gasteiger partial charge in [0, 0.05) is 36.6 Å². The van der Waals surface area contributed by atoms with Crippen LogP contribution in [0.3, 0.4) is 0 Å². The number of hydrogen-bond acceptors (Lipinski definition) is 5. The minimum Gasteiger partial charge on any atom is -0.337 e. The first-order valence-corrected chi connectivity index (χ1v) is 10.9. The summed E-state index contributed by atoms with van der Waals surface area (Å²) in [5.41, 5.74) is 1.00. The fourth-order valence-electron chi connectivity index (χ4n) is 3.74. The Labute approximate surface area is 165 Å². The fraction of sp³-hybridized carbons (Fsp3) is 0.600. The van der Waals surface area contributed by atoms with Crippen LogP contribution in [0.25, 0.3) is 11.4 Å². The van der Waals surface area contributed by atoms with Gasteiger partial charge in [0.2, 0.25) is 5.91 Å². The zero-order valence-corrected chi connectivity index (χ0v) is 17.3. The molecule has 1 aliphatic rings. The summed E-state index contributed by atoms with van der Waals surface area (Å²) in [4.78, 5) is 19.0. The molecule has 1 saturated heterocycles. The van der Waals surface area contributed by atoms with Crippen LogP contribution in [0.4, 0.5) is 0 Å². The van der Waals surface area contributed by atoms with E-state index in [4.69, 9.17) is 0 Å². The first-order chi connectivity index (χ1) is 13.1. The molecule has 0 aromatic carbocycles.